The van der Waals surface area contributed by atoms with Crippen molar-refractivity contribution in [1.82, 2.24) is 29.2 Å². The molecule has 4 aromatic rings. The average Bonchev–Trinajstić information content (AvgIpc) is 3.24. The molecule has 0 spiro atoms. The van der Waals surface area contributed by atoms with Gasteiger partial charge in [0, 0.05) is 50.3 Å². The van der Waals surface area contributed by atoms with E-state index in [1.54, 1.807) is 27.8 Å². The van der Waals surface area contributed by atoms with Gasteiger partial charge in [-0.25, -0.2) is 19.3 Å². The fourth-order valence-corrected chi connectivity index (χ4v) is 5.07. The van der Waals surface area contributed by atoms with Gasteiger partial charge in [0.05, 0.1) is 6.54 Å². The SMILES string of the molecule is C=CCn1c(=O)c2cnc(Nc3ccc(N4CCN(C)CC4)cc3)nc2n1-c1ccc2c(n1)N(CC)C(=O)CO2. The molecular weight excluding hydrogens is 510 g/mol. The second-order valence-corrected chi connectivity index (χ2v) is 9.80. The Kier molecular flexibility index (Phi) is 6.68. The molecule has 12 heteroatoms. The molecule has 5 heterocycles. The van der Waals surface area contributed by atoms with E-state index in [1.165, 1.54) is 16.6 Å². The Balaban J connectivity index is 1.36. The molecule has 2 aliphatic rings. The summed E-state index contributed by atoms with van der Waals surface area (Å²) in [5.74, 6) is 1.51. The van der Waals surface area contributed by atoms with Gasteiger partial charge in [0.25, 0.3) is 11.5 Å². The molecule has 2 aliphatic heterocycles. The van der Waals surface area contributed by atoms with E-state index in [9.17, 15) is 9.59 Å². The fourth-order valence-electron chi connectivity index (χ4n) is 5.07. The third kappa shape index (κ3) is 4.56. The van der Waals surface area contributed by atoms with Crippen LogP contribution in [0.1, 0.15) is 6.92 Å². The number of allylic oxidation sites excluding steroid dienone is 1. The molecule has 1 fully saturated rings. The number of carbonyl (C=O) groups excluding carboxylic acids is 1. The monoisotopic (exact) mass is 541 g/mol. The van der Waals surface area contributed by atoms with Crippen LogP contribution >= 0.6 is 0 Å². The maximum absolute atomic E-state index is 13.3. The Morgan fingerprint density at radius 3 is 2.55 bits per heavy atom. The predicted octanol–water partition coefficient (Wildman–Crippen LogP) is 2.40. The molecule has 1 aromatic carbocycles. The number of carbonyl (C=O) groups is 1. The van der Waals surface area contributed by atoms with Gasteiger partial charge in [0.2, 0.25) is 5.95 Å². The first-order chi connectivity index (χ1) is 19.5. The molecular formula is C28H31N9O3. The summed E-state index contributed by atoms with van der Waals surface area (Å²) >= 11 is 0. The Hall–Kier alpha value is -4.71. The second-order valence-electron chi connectivity index (χ2n) is 9.80. The molecule has 0 atom stereocenters. The van der Waals surface area contributed by atoms with E-state index in [0.717, 1.165) is 31.9 Å². The van der Waals surface area contributed by atoms with E-state index in [1.807, 2.05) is 19.1 Å². The molecule has 0 unspecified atom stereocenters. The van der Waals surface area contributed by atoms with Gasteiger partial charge in [-0.15, -0.1) is 6.58 Å². The highest BCUT2D eigenvalue weighted by Crippen LogP contribution is 2.31. The van der Waals surface area contributed by atoms with Crippen molar-refractivity contribution in [2.45, 2.75) is 13.5 Å². The number of nitrogens with zero attached hydrogens (tertiary/aromatic N) is 8. The van der Waals surface area contributed by atoms with Crippen LogP contribution in [0.25, 0.3) is 16.9 Å². The topological polar surface area (TPSA) is 114 Å². The van der Waals surface area contributed by atoms with E-state index in [-0.39, 0.29) is 24.6 Å². The van der Waals surface area contributed by atoms with Gasteiger partial charge in [-0.3, -0.25) is 14.5 Å². The van der Waals surface area contributed by atoms with Gasteiger partial charge in [0.15, 0.2) is 29.6 Å². The standard InChI is InChI=1S/C28H31N9O3/c1-4-12-36-27(39)21-17-29-28(30-19-6-8-20(9-7-19)34-15-13-33(3)14-16-34)32-25(21)37(36)23-11-10-22-26(31-23)35(5-2)24(38)18-40-22/h4,6-11,17H,1,5,12-16,18H2,2-3H3,(H,29,30,32). The maximum Gasteiger partial charge on any atom is 0.278 e. The second kappa shape index (κ2) is 10.5. The number of nitrogens with one attached hydrogen (secondary N) is 1. The minimum atomic E-state index is -0.267. The summed E-state index contributed by atoms with van der Waals surface area (Å²) in [7, 11) is 2.14. The lowest BCUT2D eigenvalue weighted by Crippen LogP contribution is -2.44. The molecule has 206 valence electrons. The largest absolute Gasteiger partial charge is 0.480 e. The summed E-state index contributed by atoms with van der Waals surface area (Å²) in [4.78, 5) is 45.9. The summed E-state index contributed by atoms with van der Waals surface area (Å²) in [6.07, 6.45) is 3.15. The Morgan fingerprint density at radius 1 is 1.05 bits per heavy atom. The highest BCUT2D eigenvalue weighted by molar-refractivity contribution is 5.96. The molecule has 1 saturated heterocycles. The van der Waals surface area contributed by atoms with Gasteiger partial charge < -0.3 is 19.9 Å². The van der Waals surface area contributed by atoms with Gasteiger partial charge in [-0.05, 0) is 50.4 Å². The van der Waals surface area contributed by atoms with Gasteiger partial charge in [-0.1, -0.05) is 6.08 Å². The van der Waals surface area contributed by atoms with Crippen LogP contribution in [0.2, 0.25) is 0 Å². The van der Waals surface area contributed by atoms with Crippen molar-refractivity contribution in [3.05, 3.63) is 65.6 Å². The van der Waals surface area contributed by atoms with Crippen molar-refractivity contribution in [2.75, 3.05) is 61.5 Å². The first-order valence-corrected chi connectivity index (χ1v) is 13.3. The summed E-state index contributed by atoms with van der Waals surface area (Å²) in [5.41, 5.74) is 2.12. The highest BCUT2D eigenvalue weighted by atomic mass is 16.5. The summed E-state index contributed by atoms with van der Waals surface area (Å²) in [6, 6.07) is 11.7. The quantitative estimate of drug-likeness (QED) is 0.352. The van der Waals surface area contributed by atoms with Crippen molar-refractivity contribution in [3.63, 3.8) is 0 Å². The number of aromatic nitrogens is 5. The number of rotatable bonds is 7. The van der Waals surface area contributed by atoms with Gasteiger partial charge in [-0.2, -0.15) is 4.98 Å². The number of piperazine rings is 1. The predicted molar refractivity (Wildman–Crippen MR) is 154 cm³/mol. The lowest BCUT2D eigenvalue weighted by molar-refractivity contribution is -0.121. The first-order valence-electron chi connectivity index (χ1n) is 13.3. The van der Waals surface area contributed by atoms with Crippen molar-refractivity contribution in [3.8, 4) is 11.6 Å². The van der Waals surface area contributed by atoms with E-state index in [0.29, 0.717) is 40.9 Å². The number of hydrogen-bond donors (Lipinski definition) is 1. The number of ether oxygens (including phenoxy) is 1. The molecule has 0 radical (unpaired) electrons. The lowest BCUT2D eigenvalue weighted by Gasteiger charge is -2.34. The molecule has 0 saturated carbocycles. The van der Waals surface area contributed by atoms with Crippen molar-refractivity contribution in [1.29, 1.82) is 0 Å². The molecule has 3 aromatic heterocycles. The molecule has 1 N–H and O–H groups in total. The highest BCUT2D eigenvalue weighted by Gasteiger charge is 2.27. The lowest BCUT2D eigenvalue weighted by atomic mass is 10.2. The smallest absolute Gasteiger partial charge is 0.278 e. The third-order valence-electron chi connectivity index (χ3n) is 7.24. The van der Waals surface area contributed by atoms with Crippen molar-refractivity contribution in [2.24, 2.45) is 0 Å². The minimum absolute atomic E-state index is 0.0336. The number of likely N-dealkylation sites (N-methyl/N-ethyl adjacent to an activating group) is 2. The number of pyridine rings is 1. The Labute approximate surface area is 231 Å². The molecule has 0 aliphatic carbocycles. The fraction of sp³-hybridized carbons (Fsp3) is 0.321. The molecule has 6 rings (SSSR count). The van der Waals surface area contributed by atoms with Crippen LogP contribution in [0.4, 0.5) is 23.1 Å². The summed E-state index contributed by atoms with van der Waals surface area (Å²) < 4.78 is 8.71. The van der Waals surface area contributed by atoms with Crippen LogP contribution in [0.15, 0.2) is 60.0 Å². The number of amides is 1. The molecule has 40 heavy (non-hydrogen) atoms. The van der Waals surface area contributed by atoms with Crippen LogP contribution in [0.5, 0.6) is 5.75 Å². The molecule has 0 bridgehead atoms. The van der Waals surface area contributed by atoms with Crippen molar-refractivity contribution >= 4 is 40.1 Å². The van der Waals surface area contributed by atoms with Crippen LogP contribution < -0.4 is 25.4 Å². The van der Waals surface area contributed by atoms with Crippen molar-refractivity contribution < 1.29 is 9.53 Å². The number of fused-ring (bicyclic) bond motifs is 2. The Bertz CT molecular complexity index is 1640. The number of anilines is 4. The van der Waals surface area contributed by atoms with Gasteiger partial charge >= 0.3 is 0 Å². The van der Waals surface area contributed by atoms with Gasteiger partial charge in [0.1, 0.15) is 5.39 Å². The number of hydrogen-bond acceptors (Lipinski definition) is 9. The van der Waals surface area contributed by atoms with E-state index >= 15 is 0 Å². The average molecular weight is 542 g/mol. The summed E-state index contributed by atoms with van der Waals surface area (Å²) in [5, 5.41) is 3.60. The minimum Gasteiger partial charge on any atom is -0.480 e. The molecule has 1 amide bonds. The van der Waals surface area contributed by atoms with E-state index in [4.69, 9.17) is 14.7 Å². The van der Waals surface area contributed by atoms with Crippen LogP contribution in [-0.2, 0) is 11.3 Å². The zero-order chi connectivity index (χ0) is 27.8. The van der Waals surface area contributed by atoms with E-state index in [2.05, 4.69) is 45.9 Å². The summed E-state index contributed by atoms with van der Waals surface area (Å²) in [6.45, 7) is 10.4. The van der Waals surface area contributed by atoms with Crippen LogP contribution in [0, 0.1) is 0 Å². The zero-order valence-corrected chi connectivity index (χ0v) is 22.6. The number of benzene rings is 1. The zero-order valence-electron chi connectivity index (χ0n) is 22.6. The third-order valence-corrected chi connectivity index (χ3v) is 7.24. The maximum atomic E-state index is 13.3. The van der Waals surface area contributed by atoms with Crippen LogP contribution in [0.3, 0.4) is 0 Å². The normalized spacial score (nSPS) is 15.7. The Morgan fingerprint density at radius 2 is 1.82 bits per heavy atom. The van der Waals surface area contributed by atoms with Crippen LogP contribution in [-0.4, -0.2) is 81.5 Å². The molecule has 12 nitrogen and oxygen atoms in total. The van der Waals surface area contributed by atoms with E-state index < -0.39 is 0 Å². The first kappa shape index (κ1) is 25.6.